The second kappa shape index (κ2) is 6.13. The first kappa shape index (κ1) is 13.3. The zero-order chi connectivity index (χ0) is 13.0. The molecule has 0 bridgehead atoms. The van der Waals surface area contributed by atoms with Gasteiger partial charge in [0.15, 0.2) is 5.01 Å². The third-order valence-corrected chi connectivity index (χ3v) is 3.61. The van der Waals surface area contributed by atoms with E-state index in [4.69, 9.17) is 11.6 Å². The van der Waals surface area contributed by atoms with Crippen LogP contribution in [0, 0.1) is 0 Å². The third-order valence-electron chi connectivity index (χ3n) is 2.36. The predicted octanol–water partition coefficient (Wildman–Crippen LogP) is 2.83. The molecule has 0 radical (unpaired) electrons. The summed E-state index contributed by atoms with van der Waals surface area (Å²) < 4.78 is 0. The van der Waals surface area contributed by atoms with Gasteiger partial charge in [-0.1, -0.05) is 41.1 Å². The van der Waals surface area contributed by atoms with Crippen molar-refractivity contribution >= 4 is 28.1 Å². The summed E-state index contributed by atoms with van der Waals surface area (Å²) in [5.41, 5.74) is 0.928. The van der Waals surface area contributed by atoms with Gasteiger partial charge in [-0.15, -0.1) is 10.2 Å². The van der Waals surface area contributed by atoms with Crippen LogP contribution in [0.4, 0.5) is 5.13 Å². The van der Waals surface area contributed by atoms with Crippen LogP contribution in [0.2, 0.25) is 5.02 Å². The van der Waals surface area contributed by atoms with E-state index in [1.54, 1.807) is 0 Å². The molecule has 0 fully saturated rings. The van der Waals surface area contributed by atoms with Gasteiger partial charge in [-0.3, -0.25) is 0 Å². The van der Waals surface area contributed by atoms with Crippen molar-refractivity contribution in [2.45, 2.75) is 0 Å². The molecule has 0 saturated heterocycles. The van der Waals surface area contributed by atoms with Crippen LogP contribution < -0.4 is 5.32 Å². The molecule has 0 spiro atoms. The minimum absolute atomic E-state index is 0.702. The van der Waals surface area contributed by atoms with Crippen molar-refractivity contribution < 1.29 is 0 Å². The lowest BCUT2D eigenvalue weighted by atomic mass is 10.2. The maximum Gasteiger partial charge on any atom is 0.206 e. The zero-order valence-corrected chi connectivity index (χ0v) is 11.9. The number of benzene rings is 1. The Bertz CT molecular complexity index is 512. The van der Waals surface area contributed by atoms with Crippen molar-refractivity contribution in [3.05, 3.63) is 29.3 Å². The van der Waals surface area contributed by atoms with E-state index < -0.39 is 0 Å². The van der Waals surface area contributed by atoms with Crippen LogP contribution in [0.25, 0.3) is 10.6 Å². The average molecular weight is 283 g/mol. The average Bonchev–Trinajstić information content (AvgIpc) is 2.78. The monoisotopic (exact) mass is 282 g/mol. The Morgan fingerprint density at radius 1 is 1.28 bits per heavy atom. The molecule has 0 aliphatic carbocycles. The summed E-state index contributed by atoms with van der Waals surface area (Å²) >= 11 is 7.64. The molecule has 6 heteroatoms. The molecule has 0 saturated carbocycles. The molecule has 1 aromatic carbocycles. The van der Waals surface area contributed by atoms with E-state index in [-0.39, 0.29) is 0 Å². The molecule has 1 heterocycles. The number of nitrogens with zero attached hydrogens (tertiary/aromatic N) is 3. The first-order valence-electron chi connectivity index (χ1n) is 5.64. The molecule has 0 unspecified atom stereocenters. The standard InChI is InChI=1S/C12H15ClN4S/c1-17(2)8-7-14-12-16-15-11(18-12)9-5-3-4-6-10(9)13/h3-6H,7-8H2,1-2H3,(H,14,16). The zero-order valence-electron chi connectivity index (χ0n) is 10.4. The first-order valence-corrected chi connectivity index (χ1v) is 6.83. The summed E-state index contributed by atoms with van der Waals surface area (Å²) in [6.07, 6.45) is 0. The quantitative estimate of drug-likeness (QED) is 0.916. The van der Waals surface area contributed by atoms with Gasteiger partial charge in [-0.2, -0.15) is 0 Å². The van der Waals surface area contributed by atoms with Gasteiger partial charge in [0.05, 0.1) is 5.02 Å². The highest BCUT2D eigenvalue weighted by atomic mass is 35.5. The molecule has 0 atom stereocenters. The van der Waals surface area contributed by atoms with Crippen LogP contribution in [0.1, 0.15) is 0 Å². The maximum absolute atomic E-state index is 6.13. The Morgan fingerprint density at radius 2 is 2.06 bits per heavy atom. The summed E-state index contributed by atoms with van der Waals surface area (Å²) in [7, 11) is 4.08. The molecule has 18 heavy (non-hydrogen) atoms. The van der Waals surface area contributed by atoms with Crippen LogP contribution in [-0.2, 0) is 0 Å². The fourth-order valence-electron chi connectivity index (χ4n) is 1.42. The number of hydrogen-bond donors (Lipinski definition) is 1. The van der Waals surface area contributed by atoms with Crippen molar-refractivity contribution in [1.29, 1.82) is 0 Å². The van der Waals surface area contributed by atoms with E-state index in [2.05, 4.69) is 20.4 Å². The fourth-order valence-corrected chi connectivity index (χ4v) is 2.51. The summed E-state index contributed by atoms with van der Waals surface area (Å²) in [6, 6.07) is 7.66. The van der Waals surface area contributed by atoms with E-state index in [1.165, 1.54) is 11.3 Å². The van der Waals surface area contributed by atoms with Crippen LogP contribution in [0.5, 0.6) is 0 Å². The van der Waals surface area contributed by atoms with Crippen molar-refractivity contribution in [2.75, 3.05) is 32.5 Å². The van der Waals surface area contributed by atoms with Crippen molar-refractivity contribution in [3.8, 4) is 10.6 Å². The molecule has 0 aliphatic rings. The second-order valence-corrected chi connectivity index (χ2v) is 5.51. The Morgan fingerprint density at radius 3 is 2.78 bits per heavy atom. The molecular formula is C12H15ClN4S. The minimum atomic E-state index is 0.702. The van der Waals surface area contributed by atoms with E-state index >= 15 is 0 Å². The summed E-state index contributed by atoms with van der Waals surface area (Å²) in [6.45, 7) is 1.81. The van der Waals surface area contributed by atoms with Gasteiger partial charge < -0.3 is 10.2 Å². The van der Waals surface area contributed by atoms with Gasteiger partial charge >= 0.3 is 0 Å². The van der Waals surface area contributed by atoms with Gasteiger partial charge in [0.2, 0.25) is 5.13 Å². The number of nitrogens with one attached hydrogen (secondary N) is 1. The van der Waals surface area contributed by atoms with Gasteiger partial charge in [-0.05, 0) is 20.2 Å². The molecule has 1 aromatic heterocycles. The lowest BCUT2D eigenvalue weighted by molar-refractivity contribution is 0.425. The topological polar surface area (TPSA) is 41.0 Å². The van der Waals surface area contributed by atoms with E-state index in [9.17, 15) is 0 Å². The van der Waals surface area contributed by atoms with Gasteiger partial charge in [0.25, 0.3) is 0 Å². The molecule has 96 valence electrons. The molecule has 0 amide bonds. The van der Waals surface area contributed by atoms with Crippen LogP contribution in [0.3, 0.4) is 0 Å². The smallest absolute Gasteiger partial charge is 0.206 e. The summed E-state index contributed by atoms with van der Waals surface area (Å²) in [4.78, 5) is 2.11. The maximum atomic E-state index is 6.13. The fraction of sp³-hybridized carbons (Fsp3) is 0.333. The summed E-state index contributed by atoms with van der Waals surface area (Å²) in [5.74, 6) is 0. The highest BCUT2D eigenvalue weighted by molar-refractivity contribution is 7.18. The number of halogens is 1. The normalized spacial score (nSPS) is 10.9. The highest BCUT2D eigenvalue weighted by Crippen LogP contribution is 2.31. The Balaban J connectivity index is 2.04. The minimum Gasteiger partial charge on any atom is -0.359 e. The molecule has 0 aliphatic heterocycles. The van der Waals surface area contributed by atoms with E-state index in [0.717, 1.165) is 28.8 Å². The molecule has 4 nitrogen and oxygen atoms in total. The number of rotatable bonds is 5. The Labute approximate surface area is 116 Å². The van der Waals surface area contributed by atoms with Crippen LogP contribution >= 0.6 is 22.9 Å². The van der Waals surface area contributed by atoms with Crippen LogP contribution in [0.15, 0.2) is 24.3 Å². The van der Waals surface area contributed by atoms with Gasteiger partial charge in [-0.25, -0.2) is 0 Å². The summed E-state index contributed by atoms with van der Waals surface area (Å²) in [5, 5.41) is 13.9. The largest absolute Gasteiger partial charge is 0.359 e. The lowest BCUT2D eigenvalue weighted by Crippen LogP contribution is -2.20. The molecule has 1 N–H and O–H groups in total. The van der Waals surface area contributed by atoms with E-state index in [0.29, 0.717) is 5.02 Å². The SMILES string of the molecule is CN(C)CCNc1nnc(-c2ccccc2Cl)s1. The molecule has 2 rings (SSSR count). The highest BCUT2D eigenvalue weighted by Gasteiger charge is 2.09. The van der Waals surface area contributed by atoms with E-state index in [1.807, 2.05) is 38.4 Å². The third kappa shape index (κ3) is 3.41. The van der Waals surface area contributed by atoms with Crippen molar-refractivity contribution in [1.82, 2.24) is 15.1 Å². The number of aromatic nitrogens is 2. The lowest BCUT2D eigenvalue weighted by Gasteiger charge is -2.08. The predicted molar refractivity (Wildman–Crippen MR) is 77.4 cm³/mol. The van der Waals surface area contributed by atoms with Crippen molar-refractivity contribution in [2.24, 2.45) is 0 Å². The van der Waals surface area contributed by atoms with Gasteiger partial charge in [0.1, 0.15) is 0 Å². The number of anilines is 1. The van der Waals surface area contributed by atoms with Crippen LogP contribution in [-0.4, -0.2) is 42.3 Å². The van der Waals surface area contributed by atoms with Gasteiger partial charge in [0, 0.05) is 18.7 Å². The molecule has 2 aromatic rings. The molecular weight excluding hydrogens is 268 g/mol. The number of hydrogen-bond acceptors (Lipinski definition) is 5. The Kier molecular flexibility index (Phi) is 4.52. The first-order chi connectivity index (χ1) is 8.66. The van der Waals surface area contributed by atoms with Crippen molar-refractivity contribution in [3.63, 3.8) is 0 Å². The number of likely N-dealkylation sites (N-methyl/N-ethyl adjacent to an activating group) is 1. The Hall–Kier alpha value is -1.17. The second-order valence-electron chi connectivity index (χ2n) is 4.12.